The zero-order chi connectivity index (χ0) is 19.9. The van der Waals surface area contributed by atoms with Crippen molar-refractivity contribution >= 4 is 11.6 Å². The van der Waals surface area contributed by atoms with Crippen molar-refractivity contribution in [2.45, 2.75) is 33.3 Å². The van der Waals surface area contributed by atoms with E-state index in [0.29, 0.717) is 19.0 Å². The van der Waals surface area contributed by atoms with Gasteiger partial charge in [0.1, 0.15) is 17.4 Å². The molecular weight excluding hydrogens is 375 g/mol. The van der Waals surface area contributed by atoms with Crippen LogP contribution in [0.15, 0.2) is 60.7 Å². The Morgan fingerprint density at radius 1 is 0.750 bits per heavy atom. The van der Waals surface area contributed by atoms with Crippen LogP contribution in [0.2, 0.25) is 5.02 Å². The monoisotopic (exact) mass is 398 g/mol. The Balaban J connectivity index is 1.65. The van der Waals surface area contributed by atoms with Gasteiger partial charge in [-0.05, 0) is 47.7 Å². The van der Waals surface area contributed by atoms with Gasteiger partial charge in [0.15, 0.2) is 11.6 Å². The molecule has 0 spiro atoms. The van der Waals surface area contributed by atoms with Crippen LogP contribution >= 0.6 is 11.6 Å². The summed E-state index contributed by atoms with van der Waals surface area (Å²) in [5, 5.41) is -0.0604. The Morgan fingerprint density at radius 3 is 1.89 bits per heavy atom. The smallest absolute Gasteiger partial charge is 0.187 e. The van der Waals surface area contributed by atoms with E-state index in [1.165, 1.54) is 17.2 Å². The van der Waals surface area contributed by atoms with Gasteiger partial charge in [0.25, 0.3) is 0 Å². The summed E-state index contributed by atoms with van der Waals surface area (Å²) in [7, 11) is 0. The van der Waals surface area contributed by atoms with Crippen LogP contribution in [-0.2, 0) is 13.0 Å². The molecule has 3 aromatic rings. The fourth-order valence-corrected chi connectivity index (χ4v) is 3.21. The zero-order valence-electron chi connectivity index (χ0n) is 16.2. The molecule has 0 unspecified atom stereocenters. The molecule has 0 bridgehead atoms. The van der Waals surface area contributed by atoms with Gasteiger partial charge in [-0.25, -0.2) is 4.39 Å². The minimum Gasteiger partial charge on any atom is -0.491 e. The van der Waals surface area contributed by atoms with Gasteiger partial charge in [0.2, 0.25) is 0 Å². The lowest BCUT2D eigenvalue weighted by molar-refractivity contribution is 0.297. The summed E-state index contributed by atoms with van der Waals surface area (Å²) in [5.74, 6) is -0.157. The lowest BCUT2D eigenvalue weighted by Crippen LogP contribution is -1.99. The van der Waals surface area contributed by atoms with Crippen LogP contribution < -0.4 is 9.47 Å². The van der Waals surface area contributed by atoms with Crippen molar-refractivity contribution in [2.75, 3.05) is 6.61 Å². The largest absolute Gasteiger partial charge is 0.491 e. The molecule has 0 aliphatic heterocycles. The van der Waals surface area contributed by atoms with E-state index in [4.69, 9.17) is 21.1 Å². The molecule has 0 aliphatic carbocycles. The minimum absolute atomic E-state index is 0.0604. The molecule has 3 rings (SSSR count). The Kier molecular flexibility index (Phi) is 6.94. The van der Waals surface area contributed by atoms with Gasteiger partial charge in [-0.2, -0.15) is 0 Å². The highest BCUT2D eigenvalue weighted by molar-refractivity contribution is 6.32. The van der Waals surface area contributed by atoms with Gasteiger partial charge >= 0.3 is 0 Å². The average molecular weight is 399 g/mol. The summed E-state index contributed by atoms with van der Waals surface area (Å²) in [6.45, 7) is 4.66. The molecule has 2 nitrogen and oxygen atoms in total. The summed E-state index contributed by atoms with van der Waals surface area (Å²) >= 11 is 6.06. The van der Waals surface area contributed by atoms with Crippen LogP contribution in [0, 0.1) is 5.82 Å². The molecule has 28 heavy (non-hydrogen) atoms. The first-order valence-electron chi connectivity index (χ1n) is 9.54. The van der Waals surface area contributed by atoms with Crippen LogP contribution in [0.3, 0.4) is 0 Å². The number of aryl methyl sites for hydroxylation is 1. The number of hydrogen-bond donors (Lipinski definition) is 0. The van der Waals surface area contributed by atoms with E-state index in [9.17, 15) is 4.39 Å². The van der Waals surface area contributed by atoms with Crippen molar-refractivity contribution in [2.24, 2.45) is 0 Å². The van der Waals surface area contributed by atoms with Gasteiger partial charge in [-0.15, -0.1) is 0 Å². The lowest BCUT2D eigenvalue weighted by Gasteiger charge is -2.12. The van der Waals surface area contributed by atoms with Gasteiger partial charge in [0, 0.05) is 0 Å². The first-order chi connectivity index (χ1) is 13.6. The molecule has 3 aromatic carbocycles. The predicted molar refractivity (Wildman–Crippen MR) is 113 cm³/mol. The van der Waals surface area contributed by atoms with Gasteiger partial charge in [0.05, 0.1) is 6.61 Å². The highest BCUT2D eigenvalue weighted by atomic mass is 35.5. The highest BCUT2D eigenvalue weighted by Crippen LogP contribution is 2.34. The molecule has 0 amide bonds. The van der Waals surface area contributed by atoms with E-state index in [0.717, 1.165) is 24.0 Å². The van der Waals surface area contributed by atoms with E-state index in [1.807, 2.05) is 12.1 Å². The molecule has 0 saturated heterocycles. The standard InChI is InChI=1S/C24H24ClFO2/c1-3-5-17-6-10-19(11-7-17)20-12-8-18(9-13-20)16-28-21-14-15-22(27-4-2)24(26)23(21)25/h6-15H,3-5,16H2,1-2H3. The highest BCUT2D eigenvalue weighted by Gasteiger charge is 2.13. The molecule has 146 valence electrons. The van der Waals surface area contributed by atoms with E-state index in [2.05, 4.69) is 43.3 Å². The molecule has 0 aliphatic rings. The third kappa shape index (κ3) is 4.85. The quantitative estimate of drug-likeness (QED) is 0.403. The van der Waals surface area contributed by atoms with Crippen molar-refractivity contribution in [1.82, 2.24) is 0 Å². The SMILES string of the molecule is CCCc1ccc(-c2ccc(COc3ccc(OCC)c(F)c3Cl)cc2)cc1. The lowest BCUT2D eigenvalue weighted by atomic mass is 10.0. The molecule has 0 heterocycles. The summed E-state index contributed by atoms with van der Waals surface area (Å²) < 4.78 is 25.0. The number of ether oxygens (including phenoxy) is 2. The maximum atomic E-state index is 14.2. The van der Waals surface area contributed by atoms with Crippen LogP contribution in [-0.4, -0.2) is 6.61 Å². The molecule has 0 saturated carbocycles. The Labute approximate surface area is 170 Å². The molecule has 0 atom stereocenters. The van der Waals surface area contributed by atoms with E-state index in [-0.39, 0.29) is 10.8 Å². The van der Waals surface area contributed by atoms with Gasteiger partial charge in [-0.3, -0.25) is 0 Å². The van der Waals surface area contributed by atoms with Crippen LogP contribution in [0.1, 0.15) is 31.4 Å². The fourth-order valence-electron chi connectivity index (χ4n) is 3.00. The van der Waals surface area contributed by atoms with Crippen LogP contribution in [0.4, 0.5) is 4.39 Å². The number of hydrogen-bond acceptors (Lipinski definition) is 2. The normalized spacial score (nSPS) is 10.7. The maximum Gasteiger partial charge on any atom is 0.187 e. The molecule has 0 N–H and O–H groups in total. The van der Waals surface area contributed by atoms with Crippen LogP contribution in [0.25, 0.3) is 11.1 Å². The summed E-state index contributed by atoms with van der Waals surface area (Å²) in [6, 6.07) is 20.0. The summed E-state index contributed by atoms with van der Waals surface area (Å²) in [4.78, 5) is 0. The second-order valence-corrected chi connectivity index (χ2v) is 6.93. The Bertz CT molecular complexity index is 905. The van der Waals surface area contributed by atoms with Crippen molar-refractivity contribution in [3.63, 3.8) is 0 Å². The van der Waals surface area contributed by atoms with Crippen molar-refractivity contribution < 1.29 is 13.9 Å². The average Bonchev–Trinajstić information content (AvgIpc) is 2.72. The topological polar surface area (TPSA) is 18.5 Å². The molecule has 0 radical (unpaired) electrons. The summed E-state index contributed by atoms with van der Waals surface area (Å²) in [5.41, 5.74) is 4.67. The van der Waals surface area contributed by atoms with Crippen molar-refractivity contribution in [1.29, 1.82) is 0 Å². The molecule has 0 aromatic heterocycles. The van der Waals surface area contributed by atoms with Gasteiger partial charge < -0.3 is 9.47 Å². The van der Waals surface area contributed by atoms with Crippen molar-refractivity contribution in [3.8, 4) is 22.6 Å². The number of rotatable bonds is 8. The van der Waals surface area contributed by atoms with E-state index >= 15 is 0 Å². The Hall–Kier alpha value is -2.52. The van der Waals surface area contributed by atoms with E-state index < -0.39 is 5.82 Å². The minimum atomic E-state index is -0.595. The second kappa shape index (κ2) is 9.61. The Morgan fingerprint density at radius 2 is 1.32 bits per heavy atom. The maximum absolute atomic E-state index is 14.2. The third-order valence-corrected chi connectivity index (χ3v) is 4.84. The predicted octanol–water partition coefficient (Wildman–Crippen LogP) is 7.08. The number of halogens is 2. The van der Waals surface area contributed by atoms with Gasteiger partial charge in [-0.1, -0.05) is 73.5 Å². The first-order valence-corrected chi connectivity index (χ1v) is 9.92. The van der Waals surface area contributed by atoms with Crippen LogP contribution in [0.5, 0.6) is 11.5 Å². The molecular formula is C24H24ClFO2. The fraction of sp³-hybridized carbons (Fsp3) is 0.250. The summed E-state index contributed by atoms with van der Waals surface area (Å²) in [6.07, 6.45) is 2.25. The zero-order valence-corrected chi connectivity index (χ0v) is 16.9. The molecule has 4 heteroatoms. The first kappa shape index (κ1) is 20.2. The molecule has 0 fully saturated rings. The number of benzene rings is 3. The van der Waals surface area contributed by atoms with Crippen molar-refractivity contribution in [3.05, 3.63) is 82.6 Å². The second-order valence-electron chi connectivity index (χ2n) is 6.56. The van der Waals surface area contributed by atoms with E-state index in [1.54, 1.807) is 13.0 Å². The third-order valence-electron chi connectivity index (χ3n) is 4.49.